The molecule has 1 rings (SSSR count). The summed E-state index contributed by atoms with van der Waals surface area (Å²) >= 11 is 0. The summed E-state index contributed by atoms with van der Waals surface area (Å²) in [6, 6.07) is 2.04. The van der Waals surface area contributed by atoms with Crippen LogP contribution in [0.25, 0.3) is 6.08 Å². The van der Waals surface area contributed by atoms with Crippen molar-refractivity contribution < 1.29 is 13.5 Å². The van der Waals surface area contributed by atoms with E-state index in [0.29, 0.717) is 5.56 Å². The Morgan fingerprint density at radius 3 is 2.42 bits per heavy atom. The number of hydrogen-bond acceptors (Lipinski definition) is 1. The van der Waals surface area contributed by atoms with Gasteiger partial charge in [0.2, 0.25) is 0 Å². The highest BCUT2D eigenvalue weighted by molar-refractivity contribution is 5.55. The molecule has 0 radical (unpaired) electrons. The van der Waals surface area contributed by atoms with Crippen molar-refractivity contribution in [3.05, 3.63) is 35.9 Å². The maximum Gasteiger partial charge on any atom is 0.162 e. The third kappa shape index (κ3) is 1.44. The lowest BCUT2D eigenvalue weighted by atomic mass is 10.2. The summed E-state index contributed by atoms with van der Waals surface area (Å²) in [5.74, 6) is -1.54. The van der Waals surface area contributed by atoms with Crippen molar-refractivity contribution in [2.45, 2.75) is 0 Å². The number of methoxy groups -OCH3 is 1. The Morgan fingerprint density at radius 1 is 1.33 bits per heavy atom. The molecule has 1 nitrogen and oxygen atoms in total. The summed E-state index contributed by atoms with van der Waals surface area (Å²) in [7, 11) is 1.39. The molecule has 0 bridgehead atoms. The van der Waals surface area contributed by atoms with Crippen LogP contribution >= 0.6 is 0 Å². The number of rotatable bonds is 2. The normalized spacial score (nSPS) is 9.58. The van der Waals surface area contributed by atoms with Crippen LogP contribution in [0.1, 0.15) is 5.56 Å². The maximum absolute atomic E-state index is 12.6. The average Bonchev–Trinajstić information content (AvgIpc) is 2.09. The fourth-order valence-corrected chi connectivity index (χ4v) is 0.880. The topological polar surface area (TPSA) is 9.23 Å². The van der Waals surface area contributed by atoms with Gasteiger partial charge in [-0.05, 0) is 6.07 Å². The lowest BCUT2D eigenvalue weighted by Crippen LogP contribution is -1.91. The summed E-state index contributed by atoms with van der Waals surface area (Å²) in [6.45, 7) is 3.44. The zero-order valence-corrected chi connectivity index (χ0v) is 6.60. The Kier molecular flexibility index (Phi) is 2.43. The Morgan fingerprint density at radius 2 is 1.92 bits per heavy atom. The Bertz CT molecular complexity index is 308. The van der Waals surface area contributed by atoms with Gasteiger partial charge in [0.05, 0.1) is 7.11 Å². The monoisotopic (exact) mass is 170 g/mol. The molecule has 1 aromatic carbocycles. The van der Waals surface area contributed by atoms with Gasteiger partial charge >= 0.3 is 0 Å². The van der Waals surface area contributed by atoms with Gasteiger partial charge in [0, 0.05) is 11.6 Å². The van der Waals surface area contributed by atoms with Crippen molar-refractivity contribution in [3.63, 3.8) is 0 Å². The Balaban J connectivity index is 3.28. The van der Waals surface area contributed by atoms with Gasteiger partial charge in [-0.3, -0.25) is 0 Å². The molecule has 0 unspecified atom stereocenters. The van der Waals surface area contributed by atoms with E-state index in [-0.39, 0.29) is 5.75 Å². The summed E-state index contributed by atoms with van der Waals surface area (Å²) in [5.41, 5.74) is 0.441. The predicted octanol–water partition coefficient (Wildman–Crippen LogP) is 2.62. The summed E-state index contributed by atoms with van der Waals surface area (Å²) in [4.78, 5) is 0. The molecule has 0 amide bonds. The van der Waals surface area contributed by atoms with Crippen molar-refractivity contribution in [1.82, 2.24) is 0 Å². The van der Waals surface area contributed by atoms with Gasteiger partial charge in [-0.15, -0.1) is 0 Å². The Labute approximate surface area is 69.3 Å². The predicted molar refractivity (Wildman–Crippen MR) is 43.0 cm³/mol. The van der Waals surface area contributed by atoms with Crippen LogP contribution in [0.5, 0.6) is 5.75 Å². The first-order valence-electron chi connectivity index (χ1n) is 3.34. The smallest absolute Gasteiger partial charge is 0.162 e. The van der Waals surface area contributed by atoms with Gasteiger partial charge in [0.25, 0.3) is 0 Å². The van der Waals surface area contributed by atoms with Crippen LogP contribution in [0.2, 0.25) is 0 Å². The van der Waals surface area contributed by atoms with E-state index in [1.165, 1.54) is 13.2 Å². The quantitative estimate of drug-likeness (QED) is 0.662. The minimum absolute atomic E-state index is 0.281. The summed E-state index contributed by atoms with van der Waals surface area (Å²) in [5, 5.41) is 0. The van der Waals surface area contributed by atoms with Crippen molar-refractivity contribution in [2.24, 2.45) is 0 Å². The van der Waals surface area contributed by atoms with Crippen molar-refractivity contribution in [3.8, 4) is 5.75 Å². The zero-order valence-electron chi connectivity index (χ0n) is 6.60. The van der Waals surface area contributed by atoms with Crippen molar-refractivity contribution >= 4 is 6.08 Å². The largest absolute Gasteiger partial charge is 0.496 e. The molecule has 0 aliphatic carbocycles. The minimum Gasteiger partial charge on any atom is -0.496 e. The number of ether oxygens (including phenoxy) is 1. The van der Waals surface area contributed by atoms with Gasteiger partial charge in [0.15, 0.2) is 11.6 Å². The second-order valence-corrected chi connectivity index (χ2v) is 2.21. The molecular weight excluding hydrogens is 162 g/mol. The highest BCUT2D eigenvalue weighted by Gasteiger charge is 2.07. The third-order valence-electron chi connectivity index (χ3n) is 1.49. The lowest BCUT2D eigenvalue weighted by Gasteiger charge is -2.04. The maximum atomic E-state index is 12.6. The zero-order chi connectivity index (χ0) is 9.14. The van der Waals surface area contributed by atoms with Crippen LogP contribution in [0.3, 0.4) is 0 Å². The summed E-state index contributed by atoms with van der Waals surface area (Å²) in [6.07, 6.45) is 1.40. The SMILES string of the molecule is C=Cc1cc(F)c(F)cc1OC. The van der Waals surface area contributed by atoms with Crippen LogP contribution in [-0.4, -0.2) is 7.11 Å². The number of hydrogen-bond donors (Lipinski definition) is 0. The molecule has 0 fully saturated rings. The van der Waals surface area contributed by atoms with Crippen LogP contribution in [0.15, 0.2) is 18.7 Å². The fourth-order valence-electron chi connectivity index (χ4n) is 0.880. The van der Waals surface area contributed by atoms with Gasteiger partial charge < -0.3 is 4.74 Å². The lowest BCUT2D eigenvalue weighted by molar-refractivity contribution is 0.405. The molecule has 0 saturated carbocycles. The van der Waals surface area contributed by atoms with Crippen LogP contribution < -0.4 is 4.74 Å². The van der Waals surface area contributed by atoms with Gasteiger partial charge in [0.1, 0.15) is 5.75 Å². The van der Waals surface area contributed by atoms with E-state index in [0.717, 1.165) is 12.1 Å². The highest BCUT2D eigenvalue weighted by Crippen LogP contribution is 2.22. The van der Waals surface area contributed by atoms with Gasteiger partial charge in [-0.25, -0.2) is 8.78 Å². The second-order valence-electron chi connectivity index (χ2n) is 2.21. The second kappa shape index (κ2) is 3.34. The Hall–Kier alpha value is -1.38. The van der Waals surface area contributed by atoms with Crippen molar-refractivity contribution in [2.75, 3.05) is 7.11 Å². The van der Waals surface area contributed by atoms with Crippen LogP contribution in [0, 0.1) is 11.6 Å². The molecular formula is C9H8F2O. The average molecular weight is 170 g/mol. The molecule has 3 heteroatoms. The molecule has 0 aliphatic rings. The molecule has 1 aromatic rings. The molecule has 0 aliphatic heterocycles. The van der Waals surface area contributed by atoms with E-state index in [1.807, 2.05) is 0 Å². The molecule has 0 aromatic heterocycles. The molecule has 0 N–H and O–H groups in total. The first kappa shape index (κ1) is 8.71. The van der Waals surface area contributed by atoms with E-state index < -0.39 is 11.6 Å². The minimum atomic E-state index is -0.919. The molecule has 0 spiro atoms. The van der Waals surface area contributed by atoms with E-state index in [4.69, 9.17) is 4.74 Å². The van der Waals surface area contributed by atoms with E-state index in [1.54, 1.807) is 0 Å². The standard InChI is InChI=1S/C9H8F2O/c1-3-6-4-7(10)8(11)5-9(6)12-2/h3-5H,1H2,2H3. The molecule has 64 valence electrons. The van der Waals surface area contributed by atoms with Gasteiger partial charge in [-0.2, -0.15) is 0 Å². The first-order chi connectivity index (χ1) is 5.69. The van der Waals surface area contributed by atoms with Crippen LogP contribution in [0.4, 0.5) is 8.78 Å². The van der Waals surface area contributed by atoms with Crippen molar-refractivity contribution in [1.29, 1.82) is 0 Å². The fraction of sp³-hybridized carbons (Fsp3) is 0.111. The molecule has 0 heterocycles. The van der Waals surface area contributed by atoms with Gasteiger partial charge in [-0.1, -0.05) is 12.7 Å². The molecule has 12 heavy (non-hydrogen) atoms. The third-order valence-corrected chi connectivity index (χ3v) is 1.49. The molecule has 0 atom stereocenters. The molecule has 0 saturated heterocycles. The van der Waals surface area contributed by atoms with E-state index in [2.05, 4.69) is 6.58 Å². The first-order valence-corrected chi connectivity index (χ1v) is 3.34. The van der Waals surface area contributed by atoms with E-state index in [9.17, 15) is 8.78 Å². The number of halogens is 2. The number of benzene rings is 1. The van der Waals surface area contributed by atoms with E-state index >= 15 is 0 Å². The highest BCUT2D eigenvalue weighted by atomic mass is 19.2. The van der Waals surface area contributed by atoms with Crippen LogP contribution in [-0.2, 0) is 0 Å². The summed E-state index contributed by atoms with van der Waals surface area (Å²) < 4.78 is 30.0.